The first-order valence-corrected chi connectivity index (χ1v) is 1.10. The van der Waals surface area contributed by atoms with Gasteiger partial charge in [-0.2, -0.15) is 0 Å². The van der Waals surface area contributed by atoms with Gasteiger partial charge in [-0.15, -0.1) is 15.1 Å². The third-order valence-corrected chi connectivity index (χ3v) is 0.0667. The van der Waals surface area contributed by atoms with Crippen molar-refractivity contribution < 1.29 is 30.9 Å². The molecule has 0 aliphatic rings. The van der Waals surface area contributed by atoms with Crippen LogP contribution in [0, 0.1) is 10.1 Å². The van der Waals surface area contributed by atoms with Crippen LogP contribution in [0.5, 0.6) is 0 Å². The fourth-order valence-electron chi connectivity index (χ4n) is 0. The topological polar surface area (TPSA) is 122 Å². The van der Waals surface area contributed by atoms with Gasteiger partial charge in [0.15, 0.2) is 0 Å². The second-order valence-electron chi connectivity index (χ2n) is 0.387. The highest BCUT2D eigenvalue weighted by Gasteiger charge is 1.80. The average Bonchev–Trinajstić information content (AvgIpc) is 1.69. The normalized spacial score (nSPS) is 6.38. The quantitative estimate of drug-likeness (QED) is 0.250. The highest BCUT2D eigenvalue weighted by molar-refractivity contribution is 3.84. The van der Waals surface area contributed by atoms with E-state index in [1.54, 1.807) is 0 Å². The summed E-state index contributed by atoms with van der Waals surface area (Å²) in [5.41, 5.74) is 0. The first-order valence-electron chi connectivity index (χ1n) is 1.10. The van der Waals surface area contributed by atoms with Gasteiger partial charge in [-0.25, -0.2) is 15.8 Å². The summed E-state index contributed by atoms with van der Waals surface area (Å²) in [6.45, 7) is 0. The Morgan fingerprint density at radius 3 is 1.50 bits per heavy atom. The zero-order valence-electron chi connectivity index (χ0n) is 3.42. The predicted octanol–water partition coefficient (Wildman–Crippen LogP) is -0.383. The minimum Gasteiger partial charge on any atom is -0.221 e. The zero-order chi connectivity index (χ0) is 6.99. The standard InChI is InChI=1S/HNO4.H2O3/c2-1(3)5-4;1-3-2/h4H;1-2H. The molecule has 8 nitrogen and oxygen atoms in total. The van der Waals surface area contributed by atoms with E-state index in [1.807, 2.05) is 0 Å². The van der Waals surface area contributed by atoms with Crippen LogP contribution >= 0.6 is 0 Å². The van der Waals surface area contributed by atoms with Crippen LogP contribution in [-0.2, 0) is 10.0 Å². The minimum atomic E-state index is -1.32. The monoisotopic (exact) mass is 129 g/mol. The molecule has 0 radical (unpaired) electrons. The summed E-state index contributed by atoms with van der Waals surface area (Å²) in [4.78, 5) is 11.2. The van der Waals surface area contributed by atoms with Crippen molar-refractivity contribution in [1.82, 2.24) is 0 Å². The molecular weight excluding hydrogens is 126 g/mol. The lowest BCUT2D eigenvalue weighted by Crippen LogP contribution is -1.92. The third-order valence-electron chi connectivity index (χ3n) is 0.0667. The molecule has 0 spiro atoms. The zero-order valence-corrected chi connectivity index (χ0v) is 3.42. The lowest BCUT2D eigenvalue weighted by Gasteiger charge is -1.72. The molecule has 0 aromatic carbocycles. The second kappa shape index (κ2) is 9.40. The van der Waals surface area contributed by atoms with Crippen molar-refractivity contribution in [1.29, 1.82) is 0 Å². The van der Waals surface area contributed by atoms with E-state index >= 15 is 0 Å². The third kappa shape index (κ3) is 76.1. The van der Waals surface area contributed by atoms with E-state index in [0.717, 1.165) is 0 Å². The molecule has 0 aliphatic heterocycles. The van der Waals surface area contributed by atoms with E-state index in [-0.39, 0.29) is 0 Å². The maximum atomic E-state index is 8.70. The molecule has 0 aliphatic carbocycles. The number of rotatable bonds is 1. The Hall–Kier alpha value is -0.960. The Balaban J connectivity index is 0. The van der Waals surface area contributed by atoms with Crippen LogP contribution in [0.2, 0.25) is 0 Å². The van der Waals surface area contributed by atoms with Crippen molar-refractivity contribution in [2.75, 3.05) is 0 Å². The average molecular weight is 129 g/mol. The molecule has 0 unspecified atom stereocenters. The second-order valence-corrected chi connectivity index (χ2v) is 0.387. The van der Waals surface area contributed by atoms with Gasteiger partial charge in [0.2, 0.25) is 0 Å². The highest BCUT2D eigenvalue weighted by Crippen LogP contribution is 1.56. The summed E-state index contributed by atoms with van der Waals surface area (Å²) in [7, 11) is 0. The molecule has 0 aromatic rings. The van der Waals surface area contributed by atoms with E-state index in [9.17, 15) is 0 Å². The number of hydrogen-bond donors (Lipinski definition) is 3. The lowest BCUT2D eigenvalue weighted by atomic mass is 13.1. The SMILES string of the molecule is O=[N+]([O-])OO.OOO. The smallest absolute Gasteiger partial charge is 0.221 e. The number of nitrogens with zero attached hydrogens (tertiary/aromatic N) is 1. The maximum absolute atomic E-state index is 8.70. The van der Waals surface area contributed by atoms with Crippen molar-refractivity contribution in [3.8, 4) is 0 Å². The van der Waals surface area contributed by atoms with Crippen molar-refractivity contribution in [3.63, 3.8) is 0 Å². The fraction of sp³-hybridized carbons (Fsp3) is 0. The first kappa shape index (κ1) is 10.1. The van der Waals surface area contributed by atoms with Crippen LogP contribution in [0.3, 0.4) is 0 Å². The molecule has 0 atom stereocenters. The van der Waals surface area contributed by atoms with E-state index < -0.39 is 5.09 Å². The van der Waals surface area contributed by atoms with Crippen molar-refractivity contribution >= 4 is 0 Å². The van der Waals surface area contributed by atoms with Crippen LogP contribution in [0.15, 0.2) is 0 Å². The molecule has 0 bridgehead atoms. The molecule has 3 N–H and O–H groups in total. The van der Waals surface area contributed by atoms with Gasteiger partial charge in [0.1, 0.15) is 0 Å². The molecule has 0 heterocycles. The fourth-order valence-corrected chi connectivity index (χ4v) is 0. The molecule has 8 heteroatoms. The summed E-state index contributed by atoms with van der Waals surface area (Å²) >= 11 is 0. The summed E-state index contributed by atoms with van der Waals surface area (Å²) in [6.07, 6.45) is 0. The molecule has 0 saturated carbocycles. The Labute approximate surface area is 42.4 Å². The van der Waals surface area contributed by atoms with Crippen molar-refractivity contribution in [2.45, 2.75) is 0 Å². The Kier molecular flexibility index (Phi) is 11.9. The largest absolute Gasteiger partial charge is 0.322 e. The molecule has 8 heavy (non-hydrogen) atoms. The Morgan fingerprint density at radius 1 is 1.38 bits per heavy atom. The van der Waals surface area contributed by atoms with Gasteiger partial charge in [0, 0.05) is 0 Å². The van der Waals surface area contributed by atoms with Crippen LogP contribution < -0.4 is 0 Å². The summed E-state index contributed by atoms with van der Waals surface area (Å²) in [6, 6.07) is 0. The lowest BCUT2D eigenvalue weighted by molar-refractivity contribution is -0.846. The summed E-state index contributed by atoms with van der Waals surface area (Å²) < 4.78 is 0. The van der Waals surface area contributed by atoms with Crippen LogP contribution in [-0.4, -0.2) is 20.9 Å². The van der Waals surface area contributed by atoms with E-state index in [0.29, 0.717) is 0 Å². The Morgan fingerprint density at radius 2 is 1.50 bits per heavy atom. The molecule has 0 rings (SSSR count). The van der Waals surface area contributed by atoms with Gasteiger partial charge >= 0.3 is 5.09 Å². The predicted molar refractivity (Wildman–Crippen MR) is 17.1 cm³/mol. The van der Waals surface area contributed by atoms with E-state index in [1.165, 1.54) is 0 Å². The van der Waals surface area contributed by atoms with Crippen LogP contribution in [0.4, 0.5) is 0 Å². The molecule has 0 fully saturated rings. The van der Waals surface area contributed by atoms with Gasteiger partial charge in [-0.1, -0.05) is 5.04 Å². The molecule has 50 valence electrons. The maximum Gasteiger partial charge on any atom is 0.322 e. The Bertz CT molecular complexity index is 48.3. The molecular formula is H3NO7. The molecule has 0 saturated heterocycles. The summed E-state index contributed by atoms with van der Waals surface area (Å²) in [5, 5.41) is 29.8. The minimum absolute atomic E-state index is 1.32. The van der Waals surface area contributed by atoms with E-state index in [4.69, 9.17) is 25.9 Å². The van der Waals surface area contributed by atoms with Crippen LogP contribution in [0.25, 0.3) is 0 Å². The first-order chi connectivity index (χ1) is 3.68. The van der Waals surface area contributed by atoms with Crippen LogP contribution in [0.1, 0.15) is 0 Å². The van der Waals surface area contributed by atoms with E-state index in [2.05, 4.69) is 10.0 Å². The van der Waals surface area contributed by atoms with Gasteiger partial charge in [-0.05, 0) is 0 Å². The van der Waals surface area contributed by atoms with Crippen molar-refractivity contribution in [2.24, 2.45) is 0 Å². The van der Waals surface area contributed by atoms with Gasteiger partial charge in [-0.3, -0.25) is 0 Å². The van der Waals surface area contributed by atoms with Gasteiger partial charge < -0.3 is 0 Å². The van der Waals surface area contributed by atoms with Gasteiger partial charge in [0.05, 0.1) is 0 Å². The molecule has 0 amide bonds. The van der Waals surface area contributed by atoms with Gasteiger partial charge in [0.25, 0.3) is 0 Å². The highest BCUT2D eigenvalue weighted by atomic mass is 17.4. The number of hydrogen-bond acceptors (Lipinski definition) is 7. The molecule has 0 aromatic heterocycles. The van der Waals surface area contributed by atoms with Crippen molar-refractivity contribution in [3.05, 3.63) is 10.1 Å². The summed E-state index contributed by atoms with van der Waals surface area (Å²) in [5.74, 6) is 0.